The zero-order valence-electron chi connectivity index (χ0n) is 13.9. The maximum Gasteiger partial charge on any atom is 0.412 e. The highest BCUT2D eigenvalue weighted by Crippen LogP contribution is 2.23. The van der Waals surface area contributed by atoms with E-state index in [4.69, 9.17) is 4.74 Å². The number of ether oxygens (including phenoxy) is 1. The molecule has 1 rings (SSSR count). The standard InChI is InChI=1S/C18H24INO2/c1-6-7-15(14(5)19)11-20-18(21)22-16-8-9-17(12(2)3)13(4)10-16/h8-10,12,14-15H,11H2,1-5H3,(H,20,21). The van der Waals surface area contributed by atoms with E-state index in [1.165, 1.54) is 5.56 Å². The van der Waals surface area contributed by atoms with Crippen molar-refractivity contribution in [2.45, 2.75) is 44.5 Å². The van der Waals surface area contributed by atoms with Crippen LogP contribution in [0.25, 0.3) is 0 Å². The second kappa shape index (κ2) is 9.04. The van der Waals surface area contributed by atoms with E-state index < -0.39 is 6.09 Å². The number of hydrogen-bond acceptors (Lipinski definition) is 2. The Morgan fingerprint density at radius 2 is 2.05 bits per heavy atom. The van der Waals surface area contributed by atoms with Gasteiger partial charge in [0.1, 0.15) is 5.75 Å². The fourth-order valence-corrected chi connectivity index (χ4v) is 2.64. The van der Waals surface area contributed by atoms with Crippen LogP contribution in [0.5, 0.6) is 5.75 Å². The van der Waals surface area contributed by atoms with Gasteiger partial charge in [-0.3, -0.25) is 0 Å². The summed E-state index contributed by atoms with van der Waals surface area (Å²) >= 11 is 2.32. The molecular formula is C18H24INO2. The van der Waals surface area contributed by atoms with Crippen LogP contribution in [0.15, 0.2) is 18.2 Å². The molecule has 120 valence electrons. The molecule has 1 N–H and O–H groups in total. The molecule has 0 aliphatic carbocycles. The average molecular weight is 413 g/mol. The van der Waals surface area contributed by atoms with Gasteiger partial charge in [-0.05, 0) is 43.0 Å². The Labute approximate surface area is 147 Å². The fraction of sp³-hybridized carbons (Fsp3) is 0.500. The molecule has 4 heteroatoms. The summed E-state index contributed by atoms with van der Waals surface area (Å²) in [7, 11) is 0. The molecule has 0 radical (unpaired) electrons. The van der Waals surface area contributed by atoms with Crippen molar-refractivity contribution in [1.82, 2.24) is 5.32 Å². The molecule has 0 bridgehead atoms. The average Bonchev–Trinajstić information content (AvgIpc) is 2.42. The van der Waals surface area contributed by atoms with Crippen LogP contribution in [0.2, 0.25) is 0 Å². The Hall–Kier alpha value is -1.22. The Morgan fingerprint density at radius 1 is 1.36 bits per heavy atom. The Bertz CT molecular complexity index is 570. The van der Waals surface area contributed by atoms with E-state index in [9.17, 15) is 4.79 Å². The first kappa shape index (κ1) is 18.8. The predicted molar refractivity (Wildman–Crippen MR) is 99.7 cm³/mol. The second-order valence-electron chi connectivity index (χ2n) is 5.62. The molecule has 0 fully saturated rings. The van der Waals surface area contributed by atoms with E-state index in [-0.39, 0.29) is 5.92 Å². The van der Waals surface area contributed by atoms with Crippen LogP contribution in [0.1, 0.15) is 44.7 Å². The summed E-state index contributed by atoms with van der Waals surface area (Å²) in [6.07, 6.45) is -0.434. The van der Waals surface area contributed by atoms with E-state index in [1.807, 2.05) is 32.0 Å². The molecule has 0 saturated carbocycles. The molecule has 1 aromatic carbocycles. The van der Waals surface area contributed by atoms with Gasteiger partial charge in [0.15, 0.2) is 0 Å². The first-order valence-electron chi connectivity index (χ1n) is 7.47. The van der Waals surface area contributed by atoms with Gasteiger partial charge >= 0.3 is 6.09 Å². The van der Waals surface area contributed by atoms with Crippen LogP contribution >= 0.6 is 22.6 Å². The van der Waals surface area contributed by atoms with E-state index in [1.54, 1.807) is 0 Å². The van der Waals surface area contributed by atoms with Crippen LogP contribution in [-0.2, 0) is 0 Å². The maximum atomic E-state index is 11.9. The lowest BCUT2D eigenvalue weighted by Gasteiger charge is -2.15. The number of hydrogen-bond donors (Lipinski definition) is 1. The summed E-state index contributed by atoms with van der Waals surface area (Å²) in [5.74, 6) is 7.16. The van der Waals surface area contributed by atoms with Gasteiger partial charge in [-0.15, -0.1) is 5.92 Å². The number of carbonyl (C=O) groups is 1. The van der Waals surface area contributed by atoms with Crippen molar-refractivity contribution < 1.29 is 9.53 Å². The van der Waals surface area contributed by atoms with Crippen molar-refractivity contribution in [3.63, 3.8) is 0 Å². The maximum absolute atomic E-state index is 11.9. The van der Waals surface area contributed by atoms with Gasteiger partial charge in [-0.2, -0.15) is 0 Å². The summed E-state index contributed by atoms with van der Waals surface area (Å²) in [6, 6.07) is 5.76. The Kier molecular flexibility index (Phi) is 7.74. The van der Waals surface area contributed by atoms with Gasteiger partial charge in [0.2, 0.25) is 0 Å². The summed E-state index contributed by atoms with van der Waals surface area (Å²) < 4.78 is 5.70. The van der Waals surface area contributed by atoms with Crippen molar-refractivity contribution in [3.8, 4) is 17.6 Å². The highest BCUT2D eigenvalue weighted by atomic mass is 127. The lowest BCUT2D eigenvalue weighted by molar-refractivity contribution is 0.199. The normalized spacial score (nSPS) is 13.0. The SMILES string of the molecule is CC#CC(CNC(=O)Oc1ccc(C(C)C)c(C)c1)C(C)I. The molecule has 0 aliphatic heterocycles. The third kappa shape index (κ3) is 5.88. The number of rotatable bonds is 5. The lowest BCUT2D eigenvalue weighted by atomic mass is 9.98. The topological polar surface area (TPSA) is 38.3 Å². The Morgan fingerprint density at radius 3 is 2.55 bits per heavy atom. The molecule has 0 aliphatic rings. The molecule has 1 aromatic rings. The zero-order valence-corrected chi connectivity index (χ0v) is 16.0. The monoisotopic (exact) mass is 413 g/mol. The predicted octanol–water partition coefficient (Wildman–Crippen LogP) is 4.67. The summed E-state index contributed by atoms with van der Waals surface area (Å²) in [4.78, 5) is 11.9. The van der Waals surface area contributed by atoms with Crippen molar-refractivity contribution in [2.24, 2.45) is 5.92 Å². The van der Waals surface area contributed by atoms with Gasteiger partial charge in [0, 0.05) is 16.4 Å². The smallest absolute Gasteiger partial charge is 0.410 e. The largest absolute Gasteiger partial charge is 0.412 e. The molecule has 3 nitrogen and oxygen atoms in total. The minimum absolute atomic E-state index is 0.128. The number of aryl methyl sites for hydroxylation is 1. The van der Waals surface area contributed by atoms with E-state index in [0.717, 1.165) is 5.56 Å². The van der Waals surface area contributed by atoms with Crippen molar-refractivity contribution in [2.75, 3.05) is 6.54 Å². The fourth-order valence-electron chi connectivity index (χ4n) is 2.21. The number of halogens is 1. The number of carbonyl (C=O) groups excluding carboxylic acids is 1. The van der Waals surface area contributed by atoms with Gasteiger partial charge in [0.25, 0.3) is 0 Å². The summed E-state index contributed by atoms with van der Waals surface area (Å²) in [5, 5.41) is 2.79. The first-order valence-corrected chi connectivity index (χ1v) is 8.72. The molecule has 0 spiro atoms. The lowest BCUT2D eigenvalue weighted by Crippen LogP contribution is -2.33. The quantitative estimate of drug-likeness (QED) is 0.433. The molecule has 0 saturated heterocycles. The molecule has 0 aromatic heterocycles. The highest BCUT2D eigenvalue weighted by molar-refractivity contribution is 14.1. The third-order valence-electron chi connectivity index (χ3n) is 3.42. The molecule has 22 heavy (non-hydrogen) atoms. The van der Waals surface area contributed by atoms with E-state index in [2.05, 4.69) is 60.5 Å². The van der Waals surface area contributed by atoms with Crippen molar-refractivity contribution >= 4 is 28.7 Å². The second-order valence-corrected chi connectivity index (χ2v) is 7.59. The van der Waals surface area contributed by atoms with Crippen LogP contribution in [0, 0.1) is 24.7 Å². The summed E-state index contributed by atoms with van der Waals surface area (Å²) in [6.45, 7) is 10.7. The number of benzene rings is 1. The molecular weight excluding hydrogens is 389 g/mol. The summed E-state index contributed by atoms with van der Waals surface area (Å²) in [5.41, 5.74) is 2.40. The van der Waals surface area contributed by atoms with Gasteiger partial charge < -0.3 is 10.1 Å². The minimum Gasteiger partial charge on any atom is -0.410 e. The highest BCUT2D eigenvalue weighted by Gasteiger charge is 2.14. The van der Waals surface area contributed by atoms with Gasteiger partial charge in [-0.25, -0.2) is 4.79 Å². The van der Waals surface area contributed by atoms with Crippen LogP contribution in [0.4, 0.5) is 4.79 Å². The Balaban J connectivity index is 2.61. The third-order valence-corrected chi connectivity index (χ3v) is 4.29. The number of amides is 1. The molecule has 2 atom stereocenters. The van der Waals surface area contributed by atoms with Gasteiger partial charge in [0.05, 0.1) is 0 Å². The number of nitrogens with one attached hydrogen (secondary N) is 1. The van der Waals surface area contributed by atoms with Crippen molar-refractivity contribution in [1.29, 1.82) is 0 Å². The molecule has 0 heterocycles. The molecule has 1 amide bonds. The van der Waals surface area contributed by atoms with E-state index in [0.29, 0.717) is 22.1 Å². The van der Waals surface area contributed by atoms with Crippen LogP contribution in [-0.4, -0.2) is 16.6 Å². The van der Waals surface area contributed by atoms with Crippen molar-refractivity contribution in [3.05, 3.63) is 29.3 Å². The zero-order chi connectivity index (χ0) is 16.7. The minimum atomic E-state index is -0.434. The first-order chi connectivity index (χ1) is 10.3. The van der Waals surface area contributed by atoms with Crippen LogP contribution in [0.3, 0.4) is 0 Å². The van der Waals surface area contributed by atoms with Crippen LogP contribution < -0.4 is 10.1 Å². The molecule has 2 unspecified atom stereocenters. The number of alkyl halides is 1. The van der Waals surface area contributed by atoms with E-state index >= 15 is 0 Å². The van der Waals surface area contributed by atoms with Gasteiger partial charge in [-0.1, -0.05) is 55.3 Å².